The summed E-state index contributed by atoms with van der Waals surface area (Å²) in [5, 5.41) is 12.8. The fourth-order valence-electron chi connectivity index (χ4n) is 1.34. The van der Waals surface area contributed by atoms with E-state index >= 15 is 0 Å². The summed E-state index contributed by atoms with van der Waals surface area (Å²) in [7, 11) is 1.84. The van der Waals surface area contributed by atoms with E-state index in [2.05, 4.69) is 15.1 Å². The van der Waals surface area contributed by atoms with Gasteiger partial charge in [0.25, 0.3) is 0 Å². The molecule has 1 N–H and O–H groups in total. The molecular weight excluding hydrogens is 272 g/mol. The van der Waals surface area contributed by atoms with E-state index in [0.717, 1.165) is 20.7 Å². The zero-order valence-electron chi connectivity index (χ0n) is 9.95. The molecule has 0 atom stereocenters. The number of thiazole rings is 1. The van der Waals surface area contributed by atoms with Gasteiger partial charge in [0.15, 0.2) is 4.34 Å². The van der Waals surface area contributed by atoms with Crippen molar-refractivity contribution in [3.05, 3.63) is 22.7 Å². The molecule has 6 nitrogen and oxygen atoms in total. The highest BCUT2D eigenvalue weighted by molar-refractivity contribution is 8.00. The van der Waals surface area contributed by atoms with Crippen molar-refractivity contribution in [2.75, 3.05) is 0 Å². The lowest BCUT2D eigenvalue weighted by Gasteiger charge is -1.96. The van der Waals surface area contributed by atoms with Gasteiger partial charge in [-0.15, -0.1) is 11.3 Å². The molecule has 96 valence electrons. The monoisotopic (exact) mass is 284 g/mol. The third-order valence-electron chi connectivity index (χ3n) is 2.31. The third kappa shape index (κ3) is 3.08. The van der Waals surface area contributed by atoms with Gasteiger partial charge in [0.1, 0.15) is 12.2 Å². The molecule has 8 heteroatoms. The number of aryl methyl sites for hydroxylation is 2. The van der Waals surface area contributed by atoms with Gasteiger partial charge in [-0.05, 0) is 6.92 Å². The number of aromatic nitrogens is 4. The van der Waals surface area contributed by atoms with Crippen molar-refractivity contribution in [3.8, 4) is 0 Å². The highest BCUT2D eigenvalue weighted by Gasteiger charge is 2.12. The highest BCUT2D eigenvalue weighted by atomic mass is 32.2. The molecule has 0 aliphatic heterocycles. The molecule has 0 saturated heterocycles. The van der Waals surface area contributed by atoms with Crippen LogP contribution in [-0.4, -0.2) is 30.8 Å². The summed E-state index contributed by atoms with van der Waals surface area (Å²) in [5.41, 5.74) is 0.794. The molecule has 2 aromatic rings. The van der Waals surface area contributed by atoms with Gasteiger partial charge in [-0.2, -0.15) is 5.10 Å². The van der Waals surface area contributed by atoms with Crippen molar-refractivity contribution in [1.82, 2.24) is 19.7 Å². The van der Waals surface area contributed by atoms with Crippen LogP contribution in [0.25, 0.3) is 0 Å². The number of hydrogen-bond donors (Lipinski definition) is 1. The number of aliphatic carboxylic acids is 1. The second kappa shape index (κ2) is 5.49. The van der Waals surface area contributed by atoms with Crippen molar-refractivity contribution in [2.45, 2.75) is 23.4 Å². The van der Waals surface area contributed by atoms with Gasteiger partial charge in [-0.25, -0.2) is 9.97 Å². The molecule has 2 rings (SSSR count). The summed E-state index contributed by atoms with van der Waals surface area (Å²) >= 11 is 2.97. The minimum Gasteiger partial charge on any atom is -0.481 e. The number of carboxylic acid groups (broad SMARTS) is 1. The van der Waals surface area contributed by atoms with Gasteiger partial charge in [-0.3, -0.25) is 9.48 Å². The Hall–Kier alpha value is -1.41. The van der Waals surface area contributed by atoms with Gasteiger partial charge in [0.05, 0.1) is 17.9 Å². The van der Waals surface area contributed by atoms with Crippen LogP contribution < -0.4 is 0 Å². The maximum Gasteiger partial charge on any atom is 0.308 e. The second-order valence-corrected chi connectivity index (χ2v) is 5.95. The van der Waals surface area contributed by atoms with Crippen LogP contribution in [0.5, 0.6) is 0 Å². The van der Waals surface area contributed by atoms with E-state index in [1.54, 1.807) is 16.4 Å². The number of carbonyl (C=O) groups is 1. The van der Waals surface area contributed by atoms with Crippen LogP contribution in [0.15, 0.2) is 10.7 Å². The van der Waals surface area contributed by atoms with Crippen LogP contribution in [0.1, 0.15) is 16.4 Å². The maximum atomic E-state index is 10.7. The Bertz CT molecular complexity index is 564. The molecule has 0 fully saturated rings. The average Bonchev–Trinajstić information content (AvgIpc) is 2.83. The van der Waals surface area contributed by atoms with E-state index < -0.39 is 5.97 Å². The molecule has 2 aromatic heterocycles. The Morgan fingerprint density at radius 3 is 3.00 bits per heavy atom. The molecule has 0 saturated carbocycles. The first-order valence-electron chi connectivity index (χ1n) is 5.20. The van der Waals surface area contributed by atoms with E-state index in [1.165, 1.54) is 17.7 Å². The lowest BCUT2D eigenvalue weighted by Crippen LogP contribution is -1.99. The Morgan fingerprint density at radius 2 is 2.39 bits per heavy atom. The Labute approximate surface area is 112 Å². The molecule has 0 amide bonds. The molecule has 18 heavy (non-hydrogen) atoms. The predicted octanol–water partition coefficient (Wildman–Crippen LogP) is 1.50. The topological polar surface area (TPSA) is 80.9 Å². The van der Waals surface area contributed by atoms with Crippen molar-refractivity contribution in [1.29, 1.82) is 0 Å². The SMILES string of the molecule is Cc1nc(SCc2ncnn2C)sc1CC(=O)O. The number of rotatable bonds is 5. The van der Waals surface area contributed by atoms with Crippen molar-refractivity contribution >= 4 is 29.1 Å². The first-order chi connectivity index (χ1) is 8.56. The largest absolute Gasteiger partial charge is 0.481 e. The second-order valence-electron chi connectivity index (χ2n) is 3.65. The first kappa shape index (κ1) is 13.0. The molecule has 0 bridgehead atoms. The minimum absolute atomic E-state index is 0.0357. The van der Waals surface area contributed by atoms with Crippen molar-refractivity contribution < 1.29 is 9.90 Å². The number of thioether (sulfide) groups is 1. The first-order valence-corrected chi connectivity index (χ1v) is 7.00. The fourth-order valence-corrected chi connectivity index (χ4v) is 3.55. The Morgan fingerprint density at radius 1 is 1.61 bits per heavy atom. The maximum absolute atomic E-state index is 10.7. The molecule has 0 radical (unpaired) electrons. The summed E-state index contributed by atoms with van der Waals surface area (Å²) in [4.78, 5) is 20.0. The number of carboxylic acids is 1. The summed E-state index contributed by atoms with van der Waals surface area (Å²) in [6.07, 6.45) is 1.55. The summed E-state index contributed by atoms with van der Waals surface area (Å²) in [5.74, 6) is 0.718. The zero-order chi connectivity index (χ0) is 13.1. The molecule has 0 aromatic carbocycles. The van der Waals surface area contributed by atoms with Gasteiger partial charge >= 0.3 is 5.97 Å². The van der Waals surface area contributed by atoms with Crippen LogP contribution in [-0.2, 0) is 24.0 Å². The Kier molecular flexibility index (Phi) is 3.97. The fraction of sp³-hybridized carbons (Fsp3) is 0.400. The van der Waals surface area contributed by atoms with E-state index in [1.807, 2.05) is 14.0 Å². The smallest absolute Gasteiger partial charge is 0.308 e. The standard InChI is InChI=1S/C10H12N4O2S2/c1-6-7(3-9(15)16)18-10(13-6)17-4-8-11-5-12-14(8)2/h5H,3-4H2,1-2H3,(H,15,16). The van der Waals surface area contributed by atoms with Crippen LogP contribution in [0.3, 0.4) is 0 Å². The predicted molar refractivity (Wildman–Crippen MR) is 68.8 cm³/mol. The molecular formula is C10H12N4O2S2. The Balaban J connectivity index is 2.02. The minimum atomic E-state index is -0.827. The van der Waals surface area contributed by atoms with E-state index in [-0.39, 0.29) is 6.42 Å². The summed E-state index contributed by atoms with van der Waals surface area (Å²) < 4.78 is 2.58. The van der Waals surface area contributed by atoms with E-state index in [9.17, 15) is 4.79 Å². The van der Waals surface area contributed by atoms with Gasteiger partial charge in [-0.1, -0.05) is 11.8 Å². The van der Waals surface area contributed by atoms with Gasteiger partial charge in [0.2, 0.25) is 0 Å². The molecule has 0 aliphatic rings. The summed E-state index contributed by atoms with van der Waals surface area (Å²) in [6.45, 7) is 1.83. The van der Waals surface area contributed by atoms with Crippen LogP contribution in [0.4, 0.5) is 0 Å². The number of hydrogen-bond acceptors (Lipinski definition) is 6. The van der Waals surface area contributed by atoms with Crippen LogP contribution >= 0.6 is 23.1 Å². The lowest BCUT2D eigenvalue weighted by atomic mass is 10.3. The van der Waals surface area contributed by atoms with E-state index in [4.69, 9.17) is 5.11 Å². The molecule has 0 aliphatic carbocycles. The summed E-state index contributed by atoms with van der Waals surface area (Å²) in [6, 6.07) is 0. The van der Waals surface area contributed by atoms with Crippen LogP contribution in [0.2, 0.25) is 0 Å². The number of nitrogens with zero attached hydrogens (tertiary/aromatic N) is 4. The van der Waals surface area contributed by atoms with Crippen LogP contribution in [0, 0.1) is 6.92 Å². The normalized spacial score (nSPS) is 10.8. The van der Waals surface area contributed by atoms with Gasteiger partial charge in [0, 0.05) is 11.9 Å². The average molecular weight is 284 g/mol. The van der Waals surface area contributed by atoms with E-state index in [0.29, 0.717) is 5.75 Å². The third-order valence-corrected chi connectivity index (χ3v) is 4.61. The molecule has 0 spiro atoms. The van der Waals surface area contributed by atoms with Crippen molar-refractivity contribution in [2.24, 2.45) is 7.05 Å². The lowest BCUT2D eigenvalue weighted by molar-refractivity contribution is -0.136. The van der Waals surface area contributed by atoms with Gasteiger partial charge < -0.3 is 5.11 Å². The highest BCUT2D eigenvalue weighted by Crippen LogP contribution is 2.29. The van der Waals surface area contributed by atoms with Crippen molar-refractivity contribution in [3.63, 3.8) is 0 Å². The quantitative estimate of drug-likeness (QED) is 0.838. The molecule has 2 heterocycles. The molecule has 0 unspecified atom stereocenters. The zero-order valence-corrected chi connectivity index (χ0v) is 11.6.